The smallest absolute Gasteiger partial charge is 0.317 e. The Bertz CT molecular complexity index is 519. The number of aliphatic hydroxyl groups is 1. The minimum absolute atomic E-state index is 0.0748. The highest BCUT2D eigenvalue weighted by Gasteiger charge is 2.24. The number of aryl methyl sites for hydroxylation is 1. The number of hydrogen-bond acceptors (Lipinski definition) is 3. The second-order valence-corrected chi connectivity index (χ2v) is 6.05. The number of carbonyl (C=O) groups is 1. The normalized spacial score (nSPS) is 19.6. The van der Waals surface area contributed by atoms with Crippen molar-refractivity contribution in [1.29, 1.82) is 0 Å². The highest BCUT2D eigenvalue weighted by molar-refractivity contribution is 5.75. The molecule has 0 aromatic heterocycles. The molecule has 22 heavy (non-hydrogen) atoms. The van der Waals surface area contributed by atoms with Crippen molar-refractivity contribution in [1.82, 2.24) is 10.2 Å². The van der Waals surface area contributed by atoms with Crippen LogP contribution in [0.2, 0.25) is 0 Å². The summed E-state index contributed by atoms with van der Waals surface area (Å²) in [7, 11) is 1.64. The number of carbonyl (C=O) groups excluding carboxylic acids is 1. The minimum atomic E-state index is -0.128. The van der Waals surface area contributed by atoms with Gasteiger partial charge in [-0.25, -0.2) is 4.79 Å². The molecular formula is C17H26N2O3. The summed E-state index contributed by atoms with van der Waals surface area (Å²) in [6, 6.07) is 5.76. The van der Waals surface area contributed by atoms with E-state index in [-0.39, 0.29) is 24.6 Å². The number of ether oxygens (including phenoxy) is 1. The largest absolute Gasteiger partial charge is 0.496 e. The topological polar surface area (TPSA) is 61.8 Å². The van der Waals surface area contributed by atoms with E-state index < -0.39 is 0 Å². The van der Waals surface area contributed by atoms with Crippen LogP contribution in [0.15, 0.2) is 18.2 Å². The number of rotatable bonds is 4. The lowest BCUT2D eigenvalue weighted by Crippen LogP contribution is -2.46. The molecule has 1 fully saturated rings. The molecule has 1 saturated heterocycles. The van der Waals surface area contributed by atoms with Crippen molar-refractivity contribution in [2.45, 2.75) is 32.7 Å². The first-order valence-corrected chi connectivity index (χ1v) is 7.86. The standard InChI is InChI=1S/C17H26N2O3/c1-12-6-7-16(22-3)15(9-12)13(2)18-17(21)19-8-4-5-14(10-19)11-20/h6-7,9,13-14,20H,4-5,8,10-11H2,1-3H3,(H,18,21). The van der Waals surface area contributed by atoms with E-state index in [1.54, 1.807) is 12.0 Å². The van der Waals surface area contributed by atoms with E-state index in [9.17, 15) is 9.90 Å². The third kappa shape index (κ3) is 3.91. The quantitative estimate of drug-likeness (QED) is 0.898. The van der Waals surface area contributed by atoms with Crippen LogP contribution in [0.25, 0.3) is 0 Å². The summed E-state index contributed by atoms with van der Waals surface area (Å²) < 4.78 is 5.39. The summed E-state index contributed by atoms with van der Waals surface area (Å²) in [5.41, 5.74) is 2.11. The highest BCUT2D eigenvalue weighted by Crippen LogP contribution is 2.26. The summed E-state index contributed by atoms with van der Waals surface area (Å²) in [5.74, 6) is 0.980. The maximum Gasteiger partial charge on any atom is 0.317 e. The molecular weight excluding hydrogens is 280 g/mol. The molecule has 0 saturated carbocycles. The van der Waals surface area contributed by atoms with Gasteiger partial charge in [-0.15, -0.1) is 0 Å². The molecule has 0 aliphatic carbocycles. The first kappa shape index (κ1) is 16.6. The summed E-state index contributed by atoms with van der Waals surface area (Å²) in [6.07, 6.45) is 1.93. The number of amides is 2. The van der Waals surface area contributed by atoms with Crippen molar-refractivity contribution in [2.75, 3.05) is 26.8 Å². The van der Waals surface area contributed by atoms with Gasteiger partial charge < -0.3 is 20.1 Å². The van der Waals surface area contributed by atoms with Crippen molar-refractivity contribution >= 4 is 6.03 Å². The summed E-state index contributed by atoms with van der Waals surface area (Å²) in [4.78, 5) is 14.2. The van der Waals surface area contributed by atoms with Gasteiger partial charge >= 0.3 is 6.03 Å². The molecule has 2 amide bonds. The molecule has 1 aliphatic rings. The molecule has 2 atom stereocenters. The molecule has 1 aliphatic heterocycles. The summed E-state index contributed by atoms with van der Waals surface area (Å²) in [5, 5.41) is 12.3. The van der Waals surface area contributed by atoms with Crippen LogP contribution in [0.5, 0.6) is 5.75 Å². The highest BCUT2D eigenvalue weighted by atomic mass is 16.5. The van der Waals surface area contributed by atoms with Crippen molar-refractivity contribution in [3.05, 3.63) is 29.3 Å². The number of aliphatic hydroxyl groups excluding tert-OH is 1. The molecule has 1 aromatic rings. The van der Waals surface area contributed by atoms with Gasteiger partial charge in [0.25, 0.3) is 0 Å². The van der Waals surface area contributed by atoms with E-state index in [0.29, 0.717) is 6.54 Å². The Morgan fingerprint density at radius 1 is 1.55 bits per heavy atom. The predicted octanol–water partition coefficient (Wildman–Crippen LogP) is 2.48. The molecule has 2 rings (SSSR count). The zero-order valence-electron chi connectivity index (χ0n) is 13.6. The summed E-state index contributed by atoms with van der Waals surface area (Å²) >= 11 is 0. The molecule has 5 nitrogen and oxygen atoms in total. The molecule has 1 heterocycles. The molecule has 122 valence electrons. The van der Waals surface area contributed by atoms with Gasteiger partial charge in [-0.05, 0) is 38.7 Å². The van der Waals surface area contributed by atoms with Gasteiger partial charge in [0.1, 0.15) is 5.75 Å². The number of nitrogens with zero attached hydrogens (tertiary/aromatic N) is 1. The number of hydrogen-bond donors (Lipinski definition) is 2. The monoisotopic (exact) mass is 306 g/mol. The lowest BCUT2D eigenvalue weighted by Gasteiger charge is -2.33. The second-order valence-electron chi connectivity index (χ2n) is 6.05. The molecule has 0 radical (unpaired) electrons. The van der Waals surface area contributed by atoms with Crippen LogP contribution < -0.4 is 10.1 Å². The summed E-state index contributed by atoms with van der Waals surface area (Å²) in [6.45, 7) is 5.50. The Kier molecular flexibility index (Phi) is 5.66. The number of urea groups is 1. The van der Waals surface area contributed by atoms with Crippen LogP contribution >= 0.6 is 0 Å². The number of likely N-dealkylation sites (tertiary alicyclic amines) is 1. The maximum atomic E-state index is 12.4. The second kappa shape index (κ2) is 7.49. The Balaban J connectivity index is 2.03. The van der Waals surface area contributed by atoms with Crippen molar-refractivity contribution in [3.63, 3.8) is 0 Å². The number of benzene rings is 1. The Morgan fingerprint density at radius 2 is 2.32 bits per heavy atom. The van der Waals surface area contributed by atoms with E-state index in [2.05, 4.69) is 5.32 Å². The molecule has 5 heteroatoms. The van der Waals surface area contributed by atoms with E-state index in [1.807, 2.05) is 32.0 Å². The van der Waals surface area contributed by atoms with Gasteiger partial charge in [0.2, 0.25) is 0 Å². The Morgan fingerprint density at radius 3 is 3.00 bits per heavy atom. The third-order valence-corrected chi connectivity index (χ3v) is 4.26. The van der Waals surface area contributed by atoms with E-state index in [1.165, 1.54) is 0 Å². The molecule has 0 spiro atoms. The lowest BCUT2D eigenvalue weighted by molar-refractivity contribution is 0.128. The van der Waals surface area contributed by atoms with Gasteiger partial charge in [0.05, 0.1) is 13.2 Å². The first-order chi connectivity index (χ1) is 10.5. The Labute approximate surface area is 132 Å². The molecule has 0 bridgehead atoms. The average molecular weight is 306 g/mol. The van der Waals surface area contributed by atoms with Crippen molar-refractivity contribution in [3.8, 4) is 5.75 Å². The van der Waals surface area contributed by atoms with Crippen LogP contribution in [-0.2, 0) is 0 Å². The molecule has 1 aromatic carbocycles. The van der Waals surface area contributed by atoms with Gasteiger partial charge in [-0.2, -0.15) is 0 Å². The van der Waals surface area contributed by atoms with Gasteiger partial charge in [-0.1, -0.05) is 17.7 Å². The van der Waals surface area contributed by atoms with Crippen molar-refractivity contribution in [2.24, 2.45) is 5.92 Å². The zero-order valence-corrected chi connectivity index (χ0v) is 13.6. The Hall–Kier alpha value is -1.75. The van der Waals surface area contributed by atoms with Crippen molar-refractivity contribution < 1.29 is 14.6 Å². The van der Waals surface area contributed by atoms with E-state index in [0.717, 1.165) is 36.3 Å². The van der Waals surface area contributed by atoms with E-state index in [4.69, 9.17) is 4.74 Å². The molecule has 2 N–H and O–H groups in total. The fourth-order valence-corrected chi connectivity index (χ4v) is 2.94. The zero-order chi connectivity index (χ0) is 16.1. The lowest BCUT2D eigenvalue weighted by atomic mass is 9.99. The van der Waals surface area contributed by atoms with Crippen LogP contribution in [0.1, 0.15) is 36.9 Å². The minimum Gasteiger partial charge on any atom is -0.496 e. The van der Waals surface area contributed by atoms with E-state index >= 15 is 0 Å². The third-order valence-electron chi connectivity index (χ3n) is 4.26. The SMILES string of the molecule is COc1ccc(C)cc1C(C)NC(=O)N1CCCC(CO)C1. The number of piperidine rings is 1. The average Bonchev–Trinajstić information content (AvgIpc) is 2.54. The van der Waals surface area contributed by atoms with Crippen LogP contribution in [0.4, 0.5) is 4.79 Å². The van der Waals surface area contributed by atoms with Crippen LogP contribution in [0, 0.1) is 12.8 Å². The number of methoxy groups -OCH3 is 1. The number of nitrogens with one attached hydrogen (secondary N) is 1. The van der Waals surface area contributed by atoms with Gasteiger partial charge in [0.15, 0.2) is 0 Å². The van der Waals surface area contributed by atoms with Gasteiger partial charge in [0, 0.05) is 25.3 Å². The first-order valence-electron chi connectivity index (χ1n) is 7.86. The molecule has 2 unspecified atom stereocenters. The van der Waals surface area contributed by atoms with Crippen LogP contribution in [-0.4, -0.2) is 42.8 Å². The van der Waals surface area contributed by atoms with Gasteiger partial charge in [-0.3, -0.25) is 0 Å². The fraction of sp³-hybridized carbons (Fsp3) is 0.588. The fourth-order valence-electron chi connectivity index (χ4n) is 2.94. The maximum absolute atomic E-state index is 12.4. The predicted molar refractivity (Wildman–Crippen MR) is 86.1 cm³/mol. The van der Waals surface area contributed by atoms with Crippen LogP contribution in [0.3, 0.4) is 0 Å².